The number of benzene rings is 2. The molecule has 2 aromatic carbocycles. The minimum Gasteiger partial charge on any atom is -0.308 e. The van der Waals surface area contributed by atoms with Gasteiger partial charge in [0, 0.05) is 18.0 Å². The summed E-state index contributed by atoms with van der Waals surface area (Å²) in [6.45, 7) is 0.717. The van der Waals surface area contributed by atoms with Crippen LogP contribution < -0.4 is 4.31 Å². The van der Waals surface area contributed by atoms with Crippen LogP contribution in [-0.2, 0) is 10.0 Å². The summed E-state index contributed by atoms with van der Waals surface area (Å²) in [5.41, 5.74) is -3.91. The molecule has 0 aliphatic carbocycles. The molecule has 0 amide bonds. The molecule has 0 saturated carbocycles. The lowest BCUT2D eigenvalue weighted by Crippen LogP contribution is -2.36. The Bertz CT molecular complexity index is 808. The molecular formula is C17H19F3N2O2S2. The Morgan fingerprint density at radius 3 is 2.00 bits per heavy atom. The highest BCUT2D eigenvalue weighted by Crippen LogP contribution is 2.37. The first kappa shape index (κ1) is 20.6. The fourth-order valence-electron chi connectivity index (χ4n) is 2.21. The zero-order valence-electron chi connectivity index (χ0n) is 14.3. The summed E-state index contributed by atoms with van der Waals surface area (Å²) in [6.07, 6.45) is 0. The van der Waals surface area contributed by atoms with Gasteiger partial charge in [-0.05, 0) is 62.3 Å². The second kappa shape index (κ2) is 8.32. The van der Waals surface area contributed by atoms with Crippen molar-refractivity contribution in [1.82, 2.24) is 4.90 Å². The third-order valence-electron chi connectivity index (χ3n) is 3.44. The van der Waals surface area contributed by atoms with E-state index in [1.807, 2.05) is 19.0 Å². The minimum atomic E-state index is -4.41. The van der Waals surface area contributed by atoms with Gasteiger partial charge < -0.3 is 4.90 Å². The highest BCUT2D eigenvalue weighted by Gasteiger charge is 2.30. The molecule has 0 aromatic heterocycles. The number of para-hydroxylation sites is 1. The van der Waals surface area contributed by atoms with Crippen LogP contribution in [0.5, 0.6) is 0 Å². The monoisotopic (exact) mass is 404 g/mol. The molecule has 2 aromatic rings. The van der Waals surface area contributed by atoms with Crippen molar-refractivity contribution in [2.45, 2.75) is 15.3 Å². The summed E-state index contributed by atoms with van der Waals surface area (Å²) in [4.78, 5) is 1.75. The second-order valence-corrected chi connectivity index (χ2v) is 8.74. The fraction of sp³-hybridized carbons (Fsp3) is 0.294. The number of hydrogen-bond acceptors (Lipinski definition) is 4. The van der Waals surface area contributed by atoms with E-state index in [1.165, 1.54) is 28.6 Å². The van der Waals surface area contributed by atoms with E-state index in [1.54, 1.807) is 30.3 Å². The number of sulfonamides is 1. The van der Waals surface area contributed by atoms with Crippen LogP contribution in [-0.4, -0.2) is 46.0 Å². The number of alkyl halides is 3. The highest BCUT2D eigenvalue weighted by molar-refractivity contribution is 8.00. The highest BCUT2D eigenvalue weighted by atomic mass is 32.2. The van der Waals surface area contributed by atoms with E-state index >= 15 is 0 Å². The van der Waals surface area contributed by atoms with Gasteiger partial charge >= 0.3 is 5.51 Å². The molecule has 0 bridgehead atoms. The average Bonchev–Trinajstić information content (AvgIpc) is 2.54. The molecule has 0 saturated heterocycles. The van der Waals surface area contributed by atoms with Crippen LogP contribution in [0.2, 0.25) is 0 Å². The smallest absolute Gasteiger partial charge is 0.308 e. The number of thioether (sulfide) groups is 1. The maximum absolute atomic E-state index is 13.0. The molecule has 4 nitrogen and oxygen atoms in total. The van der Waals surface area contributed by atoms with E-state index in [0.29, 0.717) is 12.2 Å². The second-order valence-electron chi connectivity index (χ2n) is 5.74. The first-order chi connectivity index (χ1) is 12.1. The normalized spacial score (nSPS) is 12.4. The van der Waals surface area contributed by atoms with Crippen molar-refractivity contribution in [2.24, 2.45) is 0 Å². The molecule has 0 heterocycles. The minimum absolute atomic E-state index is 0.0494. The molecule has 2 rings (SSSR count). The molecule has 0 N–H and O–H groups in total. The number of rotatable bonds is 7. The van der Waals surface area contributed by atoms with Crippen LogP contribution in [0, 0.1) is 0 Å². The van der Waals surface area contributed by atoms with E-state index in [-0.39, 0.29) is 28.1 Å². The molecule has 0 unspecified atom stereocenters. The number of likely N-dealkylation sites (N-methyl/N-ethyl adjacent to an activating group) is 1. The molecule has 142 valence electrons. The quantitative estimate of drug-likeness (QED) is 0.653. The fourth-order valence-corrected chi connectivity index (χ4v) is 4.21. The molecule has 0 atom stereocenters. The maximum Gasteiger partial charge on any atom is 0.446 e. The van der Waals surface area contributed by atoms with Gasteiger partial charge in [-0.25, -0.2) is 8.42 Å². The maximum atomic E-state index is 13.0. The molecule has 26 heavy (non-hydrogen) atoms. The summed E-state index contributed by atoms with van der Waals surface area (Å²) in [5, 5.41) is 0. The number of halogens is 3. The van der Waals surface area contributed by atoms with Crippen LogP contribution in [0.4, 0.5) is 18.9 Å². The third-order valence-corrected chi connectivity index (χ3v) is 6.02. The lowest BCUT2D eigenvalue weighted by Gasteiger charge is -2.26. The Hall–Kier alpha value is -1.71. The van der Waals surface area contributed by atoms with Gasteiger partial charge in [0.1, 0.15) is 0 Å². The molecule has 0 spiro atoms. The Morgan fingerprint density at radius 1 is 0.923 bits per heavy atom. The summed E-state index contributed by atoms with van der Waals surface area (Å²) in [6, 6.07) is 13.4. The first-order valence-corrected chi connectivity index (χ1v) is 9.93. The lowest BCUT2D eigenvalue weighted by molar-refractivity contribution is -0.0328. The summed E-state index contributed by atoms with van der Waals surface area (Å²) in [7, 11) is -0.230. The number of nitrogens with zero attached hydrogens (tertiary/aromatic N) is 2. The van der Waals surface area contributed by atoms with Crippen LogP contribution >= 0.6 is 11.8 Å². The summed E-state index contributed by atoms with van der Waals surface area (Å²) in [5.74, 6) is 0. The molecule has 0 fully saturated rings. The van der Waals surface area contributed by atoms with Gasteiger partial charge in [-0.3, -0.25) is 4.31 Å². The molecule has 0 radical (unpaired) electrons. The SMILES string of the molecule is CN(C)CCN(c1ccccc1)S(=O)(=O)c1ccc(SC(F)(F)F)cc1. The molecule has 0 aliphatic heterocycles. The Balaban J connectivity index is 2.33. The van der Waals surface area contributed by atoms with Crippen molar-refractivity contribution >= 4 is 27.5 Å². The van der Waals surface area contributed by atoms with Crippen molar-refractivity contribution < 1.29 is 21.6 Å². The van der Waals surface area contributed by atoms with E-state index in [0.717, 1.165) is 0 Å². The Kier molecular flexibility index (Phi) is 6.59. The van der Waals surface area contributed by atoms with Crippen molar-refractivity contribution in [3.05, 3.63) is 54.6 Å². The van der Waals surface area contributed by atoms with Crippen LogP contribution in [0.3, 0.4) is 0 Å². The lowest BCUT2D eigenvalue weighted by atomic mass is 10.3. The molecule has 0 aliphatic rings. The van der Waals surface area contributed by atoms with Crippen LogP contribution in [0.15, 0.2) is 64.4 Å². The zero-order valence-corrected chi connectivity index (χ0v) is 15.9. The van der Waals surface area contributed by atoms with Gasteiger partial charge in [-0.15, -0.1) is 0 Å². The van der Waals surface area contributed by atoms with Crippen molar-refractivity contribution in [3.8, 4) is 0 Å². The number of hydrogen-bond donors (Lipinski definition) is 0. The largest absolute Gasteiger partial charge is 0.446 e. The summed E-state index contributed by atoms with van der Waals surface area (Å²) < 4.78 is 64.6. The zero-order chi connectivity index (χ0) is 19.4. The van der Waals surface area contributed by atoms with Gasteiger partial charge in [0.2, 0.25) is 0 Å². The van der Waals surface area contributed by atoms with Gasteiger partial charge in [-0.2, -0.15) is 13.2 Å². The Morgan fingerprint density at radius 2 is 1.50 bits per heavy atom. The van der Waals surface area contributed by atoms with Crippen LogP contribution in [0.1, 0.15) is 0 Å². The van der Waals surface area contributed by atoms with Crippen molar-refractivity contribution in [2.75, 3.05) is 31.5 Å². The van der Waals surface area contributed by atoms with Crippen LogP contribution in [0.25, 0.3) is 0 Å². The first-order valence-electron chi connectivity index (χ1n) is 7.68. The van der Waals surface area contributed by atoms with Gasteiger partial charge in [0.15, 0.2) is 0 Å². The van der Waals surface area contributed by atoms with Gasteiger partial charge in [0.05, 0.1) is 10.6 Å². The standard InChI is InChI=1S/C17H19F3N2O2S2/c1-21(2)12-13-22(14-6-4-3-5-7-14)26(23,24)16-10-8-15(9-11-16)25-17(18,19)20/h3-11H,12-13H2,1-2H3. The summed E-state index contributed by atoms with van der Waals surface area (Å²) >= 11 is -0.276. The van der Waals surface area contributed by atoms with E-state index in [9.17, 15) is 21.6 Å². The Labute approximate surface area is 155 Å². The average molecular weight is 404 g/mol. The van der Waals surface area contributed by atoms with Gasteiger partial charge in [0.25, 0.3) is 10.0 Å². The predicted molar refractivity (Wildman–Crippen MR) is 97.9 cm³/mol. The van der Waals surface area contributed by atoms with Crippen molar-refractivity contribution in [1.29, 1.82) is 0 Å². The van der Waals surface area contributed by atoms with E-state index < -0.39 is 15.5 Å². The van der Waals surface area contributed by atoms with Gasteiger partial charge in [-0.1, -0.05) is 18.2 Å². The van der Waals surface area contributed by atoms with E-state index in [2.05, 4.69) is 0 Å². The molecular weight excluding hydrogens is 385 g/mol. The third kappa shape index (κ3) is 5.65. The van der Waals surface area contributed by atoms with Crippen molar-refractivity contribution in [3.63, 3.8) is 0 Å². The number of anilines is 1. The topological polar surface area (TPSA) is 40.6 Å². The molecule has 9 heteroatoms. The van der Waals surface area contributed by atoms with E-state index in [4.69, 9.17) is 0 Å². The predicted octanol–water partition coefficient (Wildman–Crippen LogP) is 4.06.